The van der Waals surface area contributed by atoms with Gasteiger partial charge in [-0.15, -0.1) is 0 Å². The SMILES string of the molecule is COc1cc(C(=O)N[C@H]2CC[C@H](N(C)CCN3CCN(c4ccc(C5CCC(=O)NC5=O)cc4F)CC3)CC2)ccc1Nc1ncc2c(n1)N(C(C)C)CC(F)(F)C(=O)N2C. The number of piperidine rings is 1. The van der Waals surface area contributed by atoms with E-state index in [1.807, 2.05) is 4.90 Å². The molecule has 1 aromatic heterocycles. The number of alkyl halides is 2. The monoisotopic (exact) mass is 848 g/mol. The first-order valence-corrected chi connectivity index (χ1v) is 21.0. The number of hydrogen-bond donors (Lipinski definition) is 3. The molecule has 1 atom stereocenters. The number of benzene rings is 2. The zero-order valence-electron chi connectivity index (χ0n) is 35.3. The van der Waals surface area contributed by atoms with Crippen molar-refractivity contribution in [1.82, 2.24) is 30.4 Å². The quantitative estimate of drug-likeness (QED) is 0.220. The van der Waals surface area contributed by atoms with Gasteiger partial charge in [0.2, 0.25) is 17.8 Å². The van der Waals surface area contributed by atoms with Crippen LogP contribution < -0.4 is 35.4 Å². The third kappa shape index (κ3) is 9.70. The van der Waals surface area contributed by atoms with E-state index in [1.165, 1.54) is 31.3 Å². The Morgan fingerprint density at radius 1 is 1.02 bits per heavy atom. The maximum absolute atomic E-state index is 15.2. The third-order valence-electron chi connectivity index (χ3n) is 12.5. The summed E-state index contributed by atoms with van der Waals surface area (Å²) in [6.45, 7) is 7.49. The van der Waals surface area contributed by atoms with Crippen LogP contribution in [0.15, 0.2) is 42.6 Å². The number of fused-ring (bicyclic) bond motifs is 1. The van der Waals surface area contributed by atoms with Crippen molar-refractivity contribution in [3.8, 4) is 5.75 Å². The highest BCUT2D eigenvalue weighted by Crippen LogP contribution is 2.38. The molecule has 4 aliphatic rings. The molecule has 0 spiro atoms. The number of amides is 4. The molecular weight excluding hydrogens is 794 g/mol. The Morgan fingerprint density at radius 3 is 2.43 bits per heavy atom. The zero-order valence-corrected chi connectivity index (χ0v) is 35.3. The zero-order chi connectivity index (χ0) is 43.6. The molecule has 2 saturated heterocycles. The van der Waals surface area contributed by atoms with Gasteiger partial charge in [0, 0.05) is 76.4 Å². The summed E-state index contributed by atoms with van der Waals surface area (Å²) in [6, 6.07) is 10.0. The van der Waals surface area contributed by atoms with Crippen molar-refractivity contribution in [2.45, 2.75) is 82.3 Å². The number of imide groups is 1. The number of nitrogens with one attached hydrogen (secondary N) is 3. The molecule has 1 aliphatic carbocycles. The number of ether oxygens (including phenoxy) is 1. The van der Waals surface area contributed by atoms with E-state index < -0.39 is 24.3 Å². The normalized spacial score (nSPS) is 22.2. The molecule has 3 fully saturated rings. The van der Waals surface area contributed by atoms with Gasteiger partial charge >= 0.3 is 5.92 Å². The molecule has 3 N–H and O–H groups in total. The summed E-state index contributed by atoms with van der Waals surface area (Å²) in [5.74, 6) is -6.00. The fourth-order valence-corrected chi connectivity index (χ4v) is 8.70. The van der Waals surface area contributed by atoms with Crippen molar-refractivity contribution in [3.05, 3.63) is 59.5 Å². The first kappa shape index (κ1) is 43.6. The predicted molar refractivity (Wildman–Crippen MR) is 225 cm³/mol. The molecule has 7 rings (SSSR count). The molecule has 0 bridgehead atoms. The van der Waals surface area contributed by atoms with E-state index in [1.54, 1.807) is 44.2 Å². The van der Waals surface area contributed by atoms with Crippen molar-refractivity contribution >= 4 is 52.5 Å². The summed E-state index contributed by atoms with van der Waals surface area (Å²) < 4.78 is 50.4. The van der Waals surface area contributed by atoms with E-state index in [9.17, 15) is 28.0 Å². The molecule has 0 radical (unpaired) electrons. The summed E-state index contributed by atoms with van der Waals surface area (Å²) in [5, 5.41) is 8.61. The topological polar surface area (TPSA) is 156 Å². The lowest BCUT2D eigenvalue weighted by Gasteiger charge is -2.39. The number of hydrogen-bond acceptors (Lipinski definition) is 12. The van der Waals surface area contributed by atoms with Crippen molar-refractivity contribution < 1.29 is 37.1 Å². The fraction of sp³-hybridized carbons (Fsp3) is 0.535. The van der Waals surface area contributed by atoms with Crippen LogP contribution in [0.1, 0.15) is 74.2 Å². The van der Waals surface area contributed by atoms with Gasteiger partial charge in [-0.1, -0.05) is 6.07 Å². The number of anilines is 5. The largest absolute Gasteiger partial charge is 0.495 e. The van der Waals surface area contributed by atoms with Crippen LogP contribution in [0, 0.1) is 5.82 Å². The Morgan fingerprint density at radius 2 is 1.75 bits per heavy atom. The van der Waals surface area contributed by atoms with Crippen LogP contribution >= 0.6 is 0 Å². The Hall–Kier alpha value is -5.49. The van der Waals surface area contributed by atoms with E-state index in [-0.39, 0.29) is 59.5 Å². The standard InChI is InChI=1S/C43H55F3N10O5/c1-26(2)56-25-43(45,46)41(60)53(4)35-24-47-42(51-38(35)56)49-33-13-6-28(23-36(33)61-5)39(58)48-29-8-10-30(11-9-29)52(3)16-17-54-18-20-55(21-19-54)34-14-7-27(22-32(34)44)31-12-15-37(57)50-40(31)59/h6-7,13-14,22-24,26,29-31H,8-12,15-21,25H2,1-5H3,(H,48,58)(H,47,49,51)(H,50,57,59)/t29-,30-,31?. The first-order valence-electron chi connectivity index (χ1n) is 21.0. The van der Waals surface area contributed by atoms with Crippen LogP contribution in [-0.2, 0) is 14.4 Å². The molecule has 328 valence electrons. The number of rotatable bonds is 12. The number of likely N-dealkylation sites (N-methyl/N-ethyl adjacent to an activating group) is 1. The van der Waals surface area contributed by atoms with Crippen molar-refractivity contribution in [3.63, 3.8) is 0 Å². The van der Waals surface area contributed by atoms with Crippen molar-refractivity contribution in [2.24, 2.45) is 0 Å². The summed E-state index contributed by atoms with van der Waals surface area (Å²) in [7, 11) is 4.91. The number of halogens is 3. The minimum atomic E-state index is -3.60. The summed E-state index contributed by atoms with van der Waals surface area (Å²) in [4.78, 5) is 67.6. The van der Waals surface area contributed by atoms with Gasteiger partial charge in [0.05, 0.1) is 37.1 Å². The number of carbonyl (C=O) groups excluding carboxylic acids is 4. The highest BCUT2D eigenvalue weighted by molar-refractivity contribution is 6.02. The second-order valence-corrected chi connectivity index (χ2v) is 16.7. The van der Waals surface area contributed by atoms with Gasteiger partial charge < -0.3 is 35.0 Å². The van der Waals surface area contributed by atoms with Gasteiger partial charge in [0.15, 0.2) is 5.82 Å². The number of aromatic nitrogens is 2. The first-order chi connectivity index (χ1) is 29.1. The lowest BCUT2D eigenvalue weighted by molar-refractivity contribution is -0.140. The van der Waals surface area contributed by atoms with Crippen molar-refractivity contribution in [2.75, 3.05) is 87.0 Å². The molecule has 4 heterocycles. The summed E-state index contributed by atoms with van der Waals surface area (Å²) >= 11 is 0. The molecule has 18 heteroatoms. The average Bonchev–Trinajstić information content (AvgIpc) is 3.31. The summed E-state index contributed by atoms with van der Waals surface area (Å²) in [6.07, 6.45) is 5.57. The van der Waals surface area contributed by atoms with E-state index in [0.29, 0.717) is 53.8 Å². The Kier molecular flexibility index (Phi) is 13.0. The highest BCUT2D eigenvalue weighted by atomic mass is 19.3. The third-order valence-corrected chi connectivity index (χ3v) is 12.5. The van der Waals surface area contributed by atoms with Crippen molar-refractivity contribution in [1.29, 1.82) is 0 Å². The molecular formula is C43H55F3N10O5. The average molecular weight is 849 g/mol. The lowest BCUT2D eigenvalue weighted by Crippen LogP contribution is -2.49. The summed E-state index contributed by atoms with van der Waals surface area (Å²) in [5.41, 5.74) is 2.18. The molecule has 4 amide bonds. The number of methoxy groups -OCH3 is 1. The van der Waals surface area contributed by atoms with Gasteiger partial charge in [0.25, 0.3) is 11.8 Å². The van der Waals surface area contributed by atoms with Crippen LogP contribution in [0.25, 0.3) is 0 Å². The van der Waals surface area contributed by atoms with Gasteiger partial charge in [-0.25, -0.2) is 9.37 Å². The van der Waals surface area contributed by atoms with Crippen LogP contribution in [0.3, 0.4) is 0 Å². The Balaban J connectivity index is 0.862. The molecule has 3 aromatic rings. The predicted octanol–water partition coefficient (Wildman–Crippen LogP) is 4.51. The number of piperazine rings is 1. The van der Waals surface area contributed by atoms with Crippen LogP contribution in [0.4, 0.5) is 42.0 Å². The van der Waals surface area contributed by atoms with Gasteiger partial charge in [-0.05, 0) is 88.9 Å². The molecule has 1 saturated carbocycles. The van der Waals surface area contributed by atoms with Gasteiger partial charge in [-0.2, -0.15) is 13.8 Å². The van der Waals surface area contributed by atoms with Crippen LogP contribution in [0.2, 0.25) is 0 Å². The van der Waals surface area contributed by atoms with Gasteiger partial charge in [0.1, 0.15) is 17.3 Å². The van der Waals surface area contributed by atoms with E-state index in [0.717, 1.165) is 56.8 Å². The second kappa shape index (κ2) is 18.2. The Bertz CT molecular complexity index is 2130. The Labute approximate surface area is 354 Å². The number of carbonyl (C=O) groups is 4. The maximum Gasteiger partial charge on any atom is 0.342 e. The molecule has 61 heavy (non-hydrogen) atoms. The minimum absolute atomic E-state index is 0.0294. The smallest absolute Gasteiger partial charge is 0.342 e. The van der Waals surface area contributed by atoms with Gasteiger partial charge in [-0.3, -0.25) is 29.4 Å². The number of nitrogens with zero attached hydrogens (tertiary/aromatic N) is 7. The van der Waals surface area contributed by atoms with E-state index in [4.69, 9.17) is 4.74 Å². The lowest BCUT2D eigenvalue weighted by atomic mass is 9.90. The molecule has 15 nitrogen and oxygen atoms in total. The second-order valence-electron chi connectivity index (χ2n) is 16.7. The van der Waals surface area contributed by atoms with Crippen LogP contribution in [0.5, 0.6) is 5.75 Å². The fourth-order valence-electron chi connectivity index (χ4n) is 8.70. The highest BCUT2D eigenvalue weighted by Gasteiger charge is 2.47. The van der Waals surface area contributed by atoms with E-state index in [2.05, 4.69) is 42.8 Å². The molecule has 1 unspecified atom stereocenters. The molecule has 2 aromatic carbocycles. The van der Waals surface area contributed by atoms with Crippen LogP contribution in [-0.4, -0.2) is 134 Å². The maximum atomic E-state index is 15.2. The minimum Gasteiger partial charge on any atom is -0.495 e. The molecule has 3 aliphatic heterocycles. The van der Waals surface area contributed by atoms with E-state index >= 15 is 4.39 Å².